The van der Waals surface area contributed by atoms with Crippen LogP contribution in [0.5, 0.6) is 0 Å². The molecule has 160 valence electrons. The molecule has 3 aromatic heterocycles. The highest BCUT2D eigenvalue weighted by Gasteiger charge is 2.34. The molecule has 0 bridgehead atoms. The lowest BCUT2D eigenvalue weighted by molar-refractivity contribution is -0.140. The number of hydrogen-bond acceptors (Lipinski definition) is 5. The molecule has 0 spiro atoms. The molecule has 9 nitrogen and oxygen atoms in total. The predicted octanol–water partition coefficient (Wildman–Crippen LogP) is 2.77. The second-order valence-electron chi connectivity index (χ2n) is 6.60. The lowest BCUT2D eigenvalue weighted by atomic mass is 10.1. The number of carboxylic acid groups (broad SMARTS) is 1. The molecule has 0 amide bonds. The summed E-state index contributed by atoms with van der Waals surface area (Å²) in [4.78, 5) is 30.3. The summed E-state index contributed by atoms with van der Waals surface area (Å²) in [5.74, 6) is -2.70. The van der Waals surface area contributed by atoms with Gasteiger partial charge in [0.05, 0.1) is 29.6 Å². The third kappa shape index (κ3) is 3.53. The Morgan fingerprint density at radius 3 is 2.58 bits per heavy atom. The van der Waals surface area contributed by atoms with Gasteiger partial charge < -0.3 is 5.11 Å². The van der Waals surface area contributed by atoms with Crippen LogP contribution in [0.2, 0.25) is 0 Å². The number of alkyl halides is 3. The Morgan fingerprint density at radius 2 is 1.97 bits per heavy atom. The van der Waals surface area contributed by atoms with E-state index in [1.54, 1.807) is 0 Å². The van der Waals surface area contributed by atoms with E-state index in [-0.39, 0.29) is 28.1 Å². The minimum atomic E-state index is -4.82. The largest absolute Gasteiger partial charge is 0.478 e. The maximum absolute atomic E-state index is 14.0. The Morgan fingerprint density at radius 1 is 1.23 bits per heavy atom. The van der Waals surface area contributed by atoms with Gasteiger partial charge in [-0.25, -0.2) is 18.9 Å². The Kier molecular flexibility index (Phi) is 4.60. The average molecular weight is 436 g/mol. The van der Waals surface area contributed by atoms with E-state index in [4.69, 9.17) is 5.11 Å². The second-order valence-corrected chi connectivity index (χ2v) is 6.60. The van der Waals surface area contributed by atoms with Crippen molar-refractivity contribution in [1.82, 2.24) is 29.5 Å². The number of carboxylic acids is 1. The Bertz CT molecular complexity index is 1370. The zero-order valence-electron chi connectivity index (χ0n) is 15.6. The first-order chi connectivity index (χ1) is 14.6. The zero-order valence-corrected chi connectivity index (χ0v) is 15.6. The van der Waals surface area contributed by atoms with E-state index in [9.17, 15) is 27.2 Å². The van der Waals surface area contributed by atoms with Crippen molar-refractivity contribution in [3.8, 4) is 5.95 Å². The minimum absolute atomic E-state index is 0.00201. The molecule has 13 heteroatoms. The summed E-state index contributed by atoms with van der Waals surface area (Å²) in [6, 6.07) is 1.70. The van der Waals surface area contributed by atoms with Crippen LogP contribution in [0.25, 0.3) is 17.0 Å². The van der Waals surface area contributed by atoms with Crippen molar-refractivity contribution in [2.24, 2.45) is 0 Å². The van der Waals surface area contributed by atoms with E-state index in [2.05, 4.69) is 20.2 Å². The SMILES string of the molecule is CC(c1ccc(C(F)(F)F)c(F)c1)n1ncc2nc(-n3cc(C(=O)O)cn3)[nH]c(=O)c21. The molecule has 0 saturated carbocycles. The van der Waals surface area contributed by atoms with Gasteiger partial charge in [-0.15, -0.1) is 0 Å². The highest BCUT2D eigenvalue weighted by molar-refractivity contribution is 5.87. The van der Waals surface area contributed by atoms with Crippen LogP contribution in [0.15, 0.2) is 41.6 Å². The third-order valence-electron chi connectivity index (χ3n) is 4.64. The van der Waals surface area contributed by atoms with Crippen molar-refractivity contribution in [3.63, 3.8) is 0 Å². The van der Waals surface area contributed by atoms with E-state index in [1.165, 1.54) is 17.8 Å². The highest BCUT2D eigenvalue weighted by Crippen LogP contribution is 2.33. The number of carbonyl (C=O) groups is 1. The van der Waals surface area contributed by atoms with Crippen LogP contribution in [-0.2, 0) is 6.18 Å². The number of aromatic carboxylic acids is 1. The summed E-state index contributed by atoms with van der Waals surface area (Å²) in [7, 11) is 0. The van der Waals surface area contributed by atoms with Crippen LogP contribution >= 0.6 is 0 Å². The number of fused-ring (bicyclic) bond motifs is 1. The predicted molar refractivity (Wildman–Crippen MR) is 97.4 cm³/mol. The van der Waals surface area contributed by atoms with Gasteiger partial charge in [0.2, 0.25) is 5.95 Å². The Balaban J connectivity index is 1.75. The molecule has 0 fully saturated rings. The molecule has 0 aliphatic rings. The quantitative estimate of drug-likeness (QED) is 0.475. The van der Waals surface area contributed by atoms with Crippen molar-refractivity contribution in [2.45, 2.75) is 19.1 Å². The molecular formula is C18H12F4N6O3. The van der Waals surface area contributed by atoms with Crippen molar-refractivity contribution in [1.29, 1.82) is 0 Å². The van der Waals surface area contributed by atoms with Gasteiger partial charge in [-0.1, -0.05) is 6.07 Å². The number of nitrogens with zero attached hydrogens (tertiary/aromatic N) is 5. The molecule has 1 aromatic carbocycles. The van der Waals surface area contributed by atoms with E-state index >= 15 is 0 Å². The van der Waals surface area contributed by atoms with Gasteiger partial charge in [-0.3, -0.25) is 14.5 Å². The van der Waals surface area contributed by atoms with Crippen LogP contribution in [0.1, 0.15) is 34.5 Å². The van der Waals surface area contributed by atoms with Crippen LogP contribution in [0.4, 0.5) is 17.6 Å². The number of aromatic amines is 1. The first kappa shape index (κ1) is 20.3. The summed E-state index contributed by atoms with van der Waals surface area (Å²) in [6.45, 7) is 1.54. The first-order valence-corrected chi connectivity index (χ1v) is 8.69. The van der Waals surface area contributed by atoms with E-state index in [0.717, 1.165) is 29.2 Å². The standard InChI is InChI=1S/C18H12F4N6O3/c1-8(9-2-3-11(12(19)4-9)18(20,21)22)28-14-13(6-24-28)25-17(26-15(14)29)27-7-10(5-23-27)16(30)31/h2-8H,1H3,(H,30,31)(H,25,26,29). The smallest absolute Gasteiger partial charge is 0.419 e. The molecular weight excluding hydrogens is 424 g/mol. The average Bonchev–Trinajstić information content (AvgIpc) is 3.34. The van der Waals surface area contributed by atoms with Crippen LogP contribution in [0.3, 0.4) is 0 Å². The monoisotopic (exact) mass is 436 g/mol. The van der Waals surface area contributed by atoms with Gasteiger partial charge in [-0.2, -0.15) is 23.4 Å². The number of nitrogens with one attached hydrogen (secondary N) is 1. The molecule has 4 aromatic rings. The van der Waals surface area contributed by atoms with Gasteiger partial charge in [0.15, 0.2) is 5.52 Å². The number of rotatable bonds is 4. The maximum atomic E-state index is 14.0. The van der Waals surface area contributed by atoms with Crippen molar-refractivity contribution in [2.75, 3.05) is 0 Å². The fourth-order valence-corrected chi connectivity index (χ4v) is 3.07. The van der Waals surface area contributed by atoms with E-state index in [1.807, 2.05) is 0 Å². The number of aromatic nitrogens is 6. The second kappa shape index (κ2) is 7.04. The van der Waals surface area contributed by atoms with Gasteiger partial charge in [0.1, 0.15) is 11.3 Å². The highest BCUT2D eigenvalue weighted by atomic mass is 19.4. The normalized spacial score (nSPS) is 12.9. The Hall–Kier alpha value is -4.03. The van der Waals surface area contributed by atoms with Crippen LogP contribution in [-0.4, -0.2) is 40.6 Å². The van der Waals surface area contributed by atoms with Gasteiger partial charge in [0.25, 0.3) is 5.56 Å². The molecule has 31 heavy (non-hydrogen) atoms. The molecule has 0 aliphatic heterocycles. The molecule has 0 saturated heterocycles. The van der Waals surface area contributed by atoms with E-state index < -0.39 is 35.1 Å². The first-order valence-electron chi connectivity index (χ1n) is 8.69. The fraction of sp³-hybridized carbons (Fsp3) is 0.167. The fourth-order valence-electron chi connectivity index (χ4n) is 3.07. The van der Waals surface area contributed by atoms with Crippen LogP contribution in [0, 0.1) is 5.82 Å². The molecule has 0 radical (unpaired) electrons. The lowest BCUT2D eigenvalue weighted by Gasteiger charge is -2.15. The summed E-state index contributed by atoms with van der Waals surface area (Å²) < 4.78 is 54.6. The summed E-state index contributed by atoms with van der Waals surface area (Å²) in [5.41, 5.74) is -1.86. The van der Waals surface area contributed by atoms with Crippen molar-refractivity contribution < 1.29 is 27.5 Å². The zero-order chi connectivity index (χ0) is 22.5. The maximum Gasteiger partial charge on any atom is 0.419 e. The topological polar surface area (TPSA) is 119 Å². The van der Waals surface area contributed by atoms with Gasteiger partial charge in [0, 0.05) is 6.20 Å². The van der Waals surface area contributed by atoms with Crippen LogP contribution < -0.4 is 5.56 Å². The molecule has 0 aliphatic carbocycles. The molecule has 3 heterocycles. The summed E-state index contributed by atoms with van der Waals surface area (Å²) in [5, 5.41) is 16.9. The number of benzene rings is 1. The van der Waals surface area contributed by atoms with Gasteiger partial charge in [-0.05, 0) is 24.6 Å². The summed E-state index contributed by atoms with van der Waals surface area (Å²) in [6.07, 6.45) is -1.33. The number of halogens is 4. The lowest BCUT2D eigenvalue weighted by Crippen LogP contribution is -2.19. The summed E-state index contributed by atoms with van der Waals surface area (Å²) >= 11 is 0. The molecule has 2 N–H and O–H groups in total. The minimum Gasteiger partial charge on any atom is -0.478 e. The molecule has 4 rings (SSSR count). The number of H-pyrrole nitrogens is 1. The van der Waals surface area contributed by atoms with Gasteiger partial charge >= 0.3 is 12.1 Å². The molecule has 1 atom stereocenters. The third-order valence-corrected chi connectivity index (χ3v) is 4.64. The van der Waals surface area contributed by atoms with Crippen molar-refractivity contribution >= 4 is 17.0 Å². The molecule has 1 unspecified atom stereocenters. The van der Waals surface area contributed by atoms with E-state index in [0.29, 0.717) is 6.07 Å². The Labute approximate surface area is 169 Å². The van der Waals surface area contributed by atoms with Crippen molar-refractivity contribution in [3.05, 3.63) is 69.7 Å². The number of hydrogen-bond donors (Lipinski definition) is 2.